The molecule has 5 rings (SSSR count). The lowest BCUT2D eigenvalue weighted by molar-refractivity contribution is 0.248. The van der Waals surface area contributed by atoms with Crippen molar-refractivity contribution in [2.24, 2.45) is 5.73 Å². The molecule has 2 aromatic carbocycles. The van der Waals surface area contributed by atoms with Gasteiger partial charge in [-0.1, -0.05) is 24.3 Å². The number of ether oxygens (including phenoxy) is 1. The van der Waals surface area contributed by atoms with Crippen molar-refractivity contribution >= 4 is 16.9 Å². The number of nitriles is 1. The van der Waals surface area contributed by atoms with Gasteiger partial charge in [-0.25, -0.2) is 19.0 Å². The predicted octanol–water partition coefficient (Wildman–Crippen LogP) is 4.66. The summed E-state index contributed by atoms with van der Waals surface area (Å²) >= 11 is 0. The fourth-order valence-electron chi connectivity index (χ4n) is 5.01. The summed E-state index contributed by atoms with van der Waals surface area (Å²) < 4.78 is 23.0. The maximum Gasteiger partial charge on any atom is 0.164 e. The number of halogens is 1. The first-order chi connectivity index (χ1) is 18.7. The van der Waals surface area contributed by atoms with E-state index in [1.807, 2.05) is 38.1 Å². The summed E-state index contributed by atoms with van der Waals surface area (Å²) in [6, 6.07) is 16.3. The highest BCUT2D eigenvalue weighted by atomic mass is 19.1. The van der Waals surface area contributed by atoms with Gasteiger partial charge in [0, 0.05) is 35.3 Å². The molecule has 1 aliphatic rings. The lowest BCUT2D eigenvalue weighted by Crippen LogP contribution is -2.36. The highest BCUT2D eigenvalue weighted by Gasteiger charge is 2.28. The number of fused-ring (bicyclic) bond motifs is 1. The molecule has 10 heteroatoms. The Morgan fingerprint density at radius 2 is 2.00 bits per heavy atom. The first-order valence-corrected chi connectivity index (χ1v) is 12.9. The van der Waals surface area contributed by atoms with Gasteiger partial charge < -0.3 is 16.2 Å². The number of hydrogen-bond donors (Lipinski definition) is 2. The van der Waals surface area contributed by atoms with Crippen molar-refractivity contribution < 1.29 is 9.13 Å². The molecule has 3 heterocycles. The zero-order valence-corrected chi connectivity index (χ0v) is 22.0. The predicted molar refractivity (Wildman–Crippen MR) is 148 cm³/mol. The van der Waals surface area contributed by atoms with Crippen LogP contribution in [0.4, 0.5) is 10.2 Å². The number of hydrogen-bond acceptors (Lipinski definition) is 8. The zero-order chi connectivity index (χ0) is 27.6. The molecule has 1 unspecified atom stereocenters. The van der Waals surface area contributed by atoms with Crippen molar-refractivity contribution in [2.75, 3.05) is 18.8 Å². The Labute approximate surface area is 226 Å². The largest absolute Gasteiger partial charge is 0.457 e. The maximum absolute atomic E-state index is 15.4. The number of para-hydroxylation sites is 1. The molecule has 4 aromatic rings. The van der Waals surface area contributed by atoms with Gasteiger partial charge in [0.25, 0.3) is 0 Å². The lowest BCUT2D eigenvalue weighted by Gasteiger charge is -2.25. The van der Waals surface area contributed by atoms with Crippen LogP contribution in [0.1, 0.15) is 26.7 Å². The van der Waals surface area contributed by atoms with Gasteiger partial charge in [0.15, 0.2) is 5.65 Å². The Bertz CT molecular complexity index is 1550. The van der Waals surface area contributed by atoms with Crippen LogP contribution in [-0.4, -0.2) is 49.3 Å². The van der Waals surface area contributed by atoms with E-state index < -0.39 is 11.4 Å². The van der Waals surface area contributed by atoms with Crippen LogP contribution < -0.4 is 16.2 Å². The Morgan fingerprint density at radius 3 is 2.72 bits per heavy atom. The van der Waals surface area contributed by atoms with Crippen LogP contribution in [0.25, 0.3) is 22.3 Å². The van der Waals surface area contributed by atoms with Gasteiger partial charge >= 0.3 is 0 Å². The third-order valence-electron chi connectivity index (χ3n) is 6.68. The number of likely N-dealkylation sites (tertiary alicyclic amines) is 1. The molecule has 200 valence electrons. The quantitative estimate of drug-likeness (QED) is 0.317. The minimum atomic E-state index is -0.576. The molecule has 9 nitrogen and oxygen atoms in total. The minimum absolute atomic E-state index is 0.112. The Morgan fingerprint density at radius 1 is 1.21 bits per heavy atom. The Hall–Kier alpha value is -4.33. The second kappa shape index (κ2) is 10.8. The van der Waals surface area contributed by atoms with Crippen molar-refractivity contribution in [1.82, 2.24) is 24.6 Å². The number of nitrogens with two attached hydrogens (primary N) is 2. The van der Waals surface area contributed by atoms with E-state index in [-0.39, 0.29) is 17.4 Å². The van der Waals surface area contributed by atoms with E-state index in [0.29, 0.717) is 46.9 Å². The Balaban J connectivity index is 1.45. The summed E-state index contributed by atoms with van der Waals surface area (Å²) in [5, 5.41) is 14.9. The number of rotatable bonds is 8. The number of nitrogen functional groups attached to an aromatic ring is 1. The van der Waals surface area contributed by atoms with E-state index in [4.69, 9.17) is 21.3 Å². The third kappa shape index (κ3) is 5.90. The third-order valence-corrected chi connectivity index (χ3v) is 6.68. The van der Waals surface area contributed by atoms with Crippen LogP contribution in [0, 0.1) is 17.1 Å². The number of aromatic nitrogens is 4. The highest BCUT2D eigenvalue weighted by Crippen LogP contribution is 2.34. The monoisotopic (exact) mass is 526 g/mol. The Kier molecular flexibility index (Phi) is 7.28. The second-order valence-corrected chi connectivity index (χ2v) is 10.4. The number of anilines is 1. The van der Waals surface area contributed by atoms with Gasteiger partial charge in [0.1, 0.15) is 35.2 Å². The van der Waals surface area contributed by atoms with E-state index in [9.17, 15) is 5.26 Å². The molecule has 0 aliphatic carbocycles. The average Bonchev–Trinajstić information content (AvgIpc) is 3.49. The van der Waals surface area contributed by atoms with Crippen molar-refractivity contribution in [3.8, 4) is 28.8 Å². The highest BCUT2D eigenvalue weighted by molar-refractivity contribution is 5.98. The smallest absolute Gasteiger partial charge is 0.164 e. The first kappa shape index (κ1) is 26.3. The molecule has 1 fully saturated rings. The zero-order valence-electron chi connectivity index (χ0n) is 22.0. The van der Waals surface area contributed by atoms with Crippen LogP contribution in [-0.2, 0) is 6.54 Å². The molecule has 39 heavy (non-hydrogen) atoms. The van der Waals surface area contributed by atoms with Crippen LogP contribution >= 0.6 is 0 Å². The molecule has 1 aliphatic heterocycles. The minimum Gasteiger partial charge on any atom is -0.457 e. The second-order valence-electron chi connectivity index (χ2n) is 10.4. The van der Waals surface area contributed by atoms with E-state index >= 15 is 4.39 Å². The van der Waals surface area contributed by atoms with Crippen LogP contribution in [0.15, 0.2) is 66.5 Å². The van der Waals surface area contributed by atoms with Gasteiger partial charge in [-0.2, -0.15) is 10.4 Å². The SMILES string of the molecule is CC(C)(N)C=C(C#N)CN1CCCC1Cn1nc(-c2ccc(Oc3ccccc3)cc2F)c2c(N)ncnc21. The normalized spacial score (nSPS) is 16.5. The van der Waals surface area contributed by atoms with E-state index in [1.54, 1.807) is 28.9 Å². The summed E-state index contributed by atoms with van der Waals surface area (Å²) in [4.78, 5) is 10.8. The molecule has 1 saturated heterocycles. The standard InChI is InChI=1S/C29H31FN8O/c1-29(2,33)14-19(15-31)16-37-12-6-7-20(37)17-38-28-25(27(32)34-18-35-28)26(36-38)23-11-10-22(13-24(23)30)39-21-8-4-3-5-9-21/h3-5,8-11,13-14,18,20H,6-7,12,16-17,33H2,1-2H3,(H2,32,34,35). The summed E-state index contributed by atoms with van der Waals surface area (Å²) in [6.45, 7) is 5.60. The maximum atomic E-state index is 15.4. The van der Waals surface area contributed by atoms with Crippen molar-refractivity contribution in [1.29, 1.82) is 5.26 Å². The van der Waals surface area contributed by atoms with Crippen molar-refractivity contribution in [3.05, 3.63) is 72.3 Å². The summed E-state index contributed by atoms with van der Waals surface area (Å²) in [5.74, 6) is 0.726. The molecule has 0 spiro atoms. The molecule has 0 bridgehead atoms. The molecular weight excluding hydrogens is 495 g/mol. The van der Waals surface area contributed by atoms with Gasteiger partial charge in [-0.3, -0.25) is 4.90 Å². The molecule has 2 aromatic heterocycles. The fraction of sp³-hybridized carbons (Fsp3) is 0.310. The van der Waals surface area contributed by atoms with Gasteiger partial charge in [0.2, 0.25) is 0 Å². The summed E-state index contributed by atoms with van der Waals surface area (Å²) in [5.41, 5.74) is 13.6. The average molecular weight is 527 g/mol. The topological polar surface area (TPSA) is 132 Å². The molecule has 0 amide bonds. The van der Waals surface area contributed by atoms with Crippen LogP contribution in [0.3, 0.4) is 0 Å². The number of nitrogens with zero attached hydrogens (tertiary/aromatic N) is 6. The van der Waals surface area contributed by atoms with Gasteiger partial charge in [0.05, 0.1) is 18.0 Å². The first-order valence-electron chi connectivity index (χ1n) is 12.9. The van der Waals surface area contributed by atoms with Crippen molar-refractivity contribution in [2.45, 2.75) is 44.8 Å². The van der Waals surface area contributed by atoms with Crippen LogP contribution in [0.5, 0.6) is 11.5 Å². The van der Waals surface area contributed by atoms with Gasteiger partial charge in [-0.15, -0.1) is 0 Å². The lowest BCUT2D eigenvalue weighted by atomic mass is 10.0. The van der Waals surface area contributed by atoms with E-state index in [2.05, 4.69) is 20.9 Å². The molecule has 0 radical (unpaired) electrons. The van der Waals surface area contributed by atoms with E-state index in [0.717, 1.165) is 19.4 Å². The molecular formula is C29H31FN8O. The molecule has 4 N–H and O–H groups in total. The van der Waals surface area contributed by atoms with Crippen molar-refractivity contribution in [3.63, 3.8) is 0 Å². The number of benzene rings is 2. The van der Waals surface area contributed by atoms with Crippen LogP contribution in [0.2, 0.25) is 0 Å². The summed E-state index contributed by atoms with van der Waals surface area (Å²) in [6.07, 6.45) is 5.13. The summed E-state index contributed by atoms with van der Waals surface area (Å²) in [7, 11) is 0. The van der Waals surface area contributed by atoms with Gasteiger partial charge in [-0.05, 0) is 57.5 Å². The fourth-order valence-corrected chi connectivity index (χ4v) is 5.01. The van der Waals surface area contributed by atoms with E-state index in [1.165, 1.54) is 12.4 Å². The molecule has 0 saturated carbocycles. The molecule has 1 atom stereocenters.